The van der Waals surface area contributed by atoms with Gasteiger partial charge in [-0.2, -0.15) is 0 Å². The second-order valence-electron chi connectivity index (χ2n) is 0. The molecule has 0 atom stereocenters. The SMILES string of the molecule is [Al].[Al].[Mg].[Zn].[Zn]. The Balaban J connectivity index is 0. The molecule has 0 spiro atoms. The summed E-state index contributed by atoms with van der Waals surface area (Å²) in [5.41, 5.74) is 0. The largest absolute Gasteiger partial charge is 0 e. The molecule has 0 aliphatic rings. The molecule has 5 heteroatoms. The Bertz CT molecular complexity index is 7.61. The number of hydrogen-bond donors (Lipinski definition) is 0. The smallest absolute Gasteiger partial charge is 0 e. The van der Waals surface area contributed by atoms with Crippen LogP contribution >= 0.6 is 0 Å². The number of hydrogen-bond acceptors (Lipinski definition) is 0. The van der Waals surface area contributed by atoms with Crippen LogP contribution in [0, 0.1) is 0 Å². The monoisotopic (exact) mass is 206 g/mol. The Labute approximate surface area is 95.2 Å². The molecule has 0 N–H and O–H groups in total. The average molecular weight is 209 g/mol. The second-order valence-corrected chi connectivity index (χ2v) is 0. The van der Waals surface area contributed by atoms with E-state index in [1.807, 2.05) is 0 Å². The topological polar surface area (TPSA) is 0 Å². The Morgan fingerprint density at radius 1 is 0.600 bits per heavy atom. The van der Waals surface area contributed by atoms with Gasteiger partial charge in [-0.1, -0.05) is 0 Å². The fraction of sp³-hybridized carbons (Fsp3) is 0. The fourth-order valence-corrected chi connectivity index (χ4v) is 0. The van der Waals surface area contributed by atoms with Gasteiger partial charge in [-0.25, -0.2) is 0 Å². The van der Waals surface area contributed by atoms with Crippen LogP contribution in [0.2, 0.25) is 0 Å². The van der Waals surface area contributed by atoms with Crippen LogP contribution in [0.1, 0.15) is 0 Å². The van der Waals surface area contributed by atoms with Crippen LogP contribution in [0.4, 0.5) is 0 Å². The molecule has 0 fully saturated rings. The minimum atomic E-state index is 0. The summed E-state index contributed by atoms with van der Waals surface area (Å²) in [6.45, 7) is 0. The molecule has 0 aromatic rings. The maximum Gasteiger partial charge on any atom is 0 e. The second kappa shape index (κ2) is 27.6. The van der Waals surface area contributed by atoms with Gasteiger partial charge in [0.2, 0.25) is 0 Å². The minimum absolute atomic E-state index is 0. The molecular formula is Al2MgZn2. The fourth-order valence-electron chi connectivity index (χ4n) is 0. The normalized spacial score (nSPS) is 0. The van der Waals surface area contributed by atoms with Gasteiger partial charge in [-0.15, -0.1) is 0 Å². The summed E-state index contributed by atoms with van der Waals surface area (Å²) in [4.78, 5) is 0. The molecule has 12 valence electrons. The van der Waals surface area contributed by atoms with E-state index in [4.69, 9.17) is 0 Å². The Morgan fingerprint density at radius 2 is 0.600 bits per heavy atom. The molecule has 0 aromatic carbocycles. The van der Waals surface area contributed by atoms with Crippen molar-refractivity contribution in [3.05, 3.63) is 0 Å². The summed E-state index contributed by atoms with van der Waals surface area (Å²) >= 11 is 0. The standard InChI is InChI=1S/2Al.Mg.2Zn. The van der Waals surface area contributed by atoms with Crippen LogP contribution < -0.4 is 0 Å². The zero-order chi connectivity index (χ0) is 0. The van der Waals surface area contributed by atoms with Gasteiger partial charge in [-0.05, 0) is 0 Å². The zero-order valence-electron chi connectivity index (χ0n) is 3.28. The van der Waals surface area contributed by atoms with E-state index >= 15 is 0 Å². The summed E-state index contributed by atoms with van der Waals surface area (Å²) in [5.74, 6) is 0. The van der Waals surface area contributed by atoms with E-state index in [9.17, 15) is 0 Å². The molecule has 0 aliphatic carbocycles. The Hall–Kier alpha value is 3.08. The molecule has 8 radical (unpaired) electrons. The van der Waals surface area contributed by atoms with Crippen LogP contribution in [0.5, 0.6) is 0 Å². The Kier molecular flexibility index (Phi) is 236. The van der Waals surface area contributed by atoms with Crippen molar-refractivity contribution < 1.29 is 39.0 Å². The third-order valence-corrected chi connectivity index (χ3v) is 0. The van der Waals surface area contributed by atoms with Gasteiger partial charge in [0.1, 0.15) is 0 Å². The predicted molar refractivity (Wildman–Crippen MR) is 17.3 cm³/mol. The molecule has 0 aliphatic heterocycles. The molecule has 0 amide bonds. The molecule has 0 bridgehead atoms. The van der Waals surface area contributed by atoms with Gasteiger partial charge >= 0.3 is 0 Å². The first-order chi connectivity index (χ1) is 0. The van der Waals surface area contributed by atoms with E-state index in [2.05, 4.69) is 0 Å². The van der Waals surface area contributed by atoms with Crippen molar-refractivity contribution in [2.24, 2.45) is 0 Å². The van der Waals surface area contributed by atoms with Gasteiger partial charge in [0.05, 0.1) is 0 Å². The van der Waals surface area contributed by atoms with E-state index in [0.29, 0.717) is 0 Å². The predicted octanol–water partition coefficient (Wildman–Crippen LogP) is -1.15. The molecule has 0 saturated carbocycles. The first kappa shape index (κ1) is 42.7. The third-order valence-electron chi connectivity index (χ3n) is 0. The van der Waals surface area contributed by atoms with Crippen molar-refractivity contribution in [2.75, 3.05) is 0 Å². The minimum Gasteiger partial charge on any atom is 0 e. The van der Waals surface area contributed by atoms with Crippen molar-refractivity contribution in [3.63, 3.8) is 0 Å². The van der Waals surface area contributed by atoms with E-state index in [-0.39, 0.29) is 96.7 Å². The summed E-state index contributed by atoms with van der Waals surface area (Å²) < 4.78 is 0. The van der Waals surface area contributed by atoms with Crippen LogP contribution in [0.15, 0.2) is 0 Å². The van der Waals surface area contributed by atoms with Crippen LogP contribution in [-0.4, -0.2) is 57.8 Å². The maximum atomic E-state index is 0. The quantitative estimate of drug-likeness (QED) is 0.442. The van der Waals surface area contributed by atoms with E-state index in [1.54, 1.807) is 0 Å². The maximum absolute atomic E-state index is 0. The van der Waals surface area contributed by atoms with E-state index in [1.165, 1.54) is 0 Å². The van der Waals surface area contributed by atoms with Crippen molar-refractivity contribution in [1.82, 2.24) is 0 Å². The van der Waals surface area contributed by atoms with Gasteiger partial charge < -0.3 is 0 Å². The summed E-state index contributed by atoms with van der Waals surface area (Å²) in [6, 6.07) is 0. The van der Waals surface area contributed by atoms with Crippen molar-refractivity contribution >= 4 is 57.8 Å². The van der Waals surface area contributed by atoms with Gasteiger partial charge in [0.15, 0.2) is 0 Å². The van der Waals surface area contributed by atoms with E-state index < -0.39 is 0 Å². The molecule has 0 heterocycles. The van der Waals surface area contributed by atoms with Gasteiger partial charge in [0, 0.05) is 96.7 Å². The van der Waals surface area contributed by atoms with Crippen LogP contribution in [0.25, 0.3) is 0 Å². The number of rotatable bonds is 0. The molecule has 0 nitrogen and oxygen atoms in total. The molecular weight excluding hydrogens is 209 g/mol. The molecule has 0 rings (SSSR count). The summed E-state index contributed by atoms with van der Waals surface area (Å²) in [6.07, 6.45) is 0. The third kappa shape index (κ3) is 19.3. The summed E-state index contributed by atoms with van der Waals surface area (Å²) in [5, 5.41) is 0. The first-order valence-electron chi connectivity index (χ1n) is 0. The van der Waals surface area contributed by atoms with Crippen molar-refractivity contribution in [2.45, 2.75) is 0 Å². The average Bonchev–Trinajstić information content (AvgIpc) is 0. The van der Waals surface area contributed by atoms with Crippen molar-refractivity contribution in [3.8, 4) is 0 Å². The molecule has 0 saturated heterocycles. The zero-order valence-corrected chi connectivity index (χ0v) is 12.9. The first-order valence-corrected chi connectivity index (χ1v) is 0. The van der Waals surface area contributed by atoms with Crippen LogP contribution in [0.3, 0.4) is 0 Å². The van der Waals surface area contributed by atoms with Gasteiger partial charge in [0.25, 0.3) is 0 Å². The van der Waals surface area contributed by atoms with Crippen LogP contribution in [-0.2, 0) is 39.0 Å². The van der Waals surface area contributed by atoms with Crippen molar-refractivity contribution in [1.29, 1.82) is 0 Å². The van der Waals surface area contributed by atoms with E-state index in [0.717, 1.165) is 0 Å². The molecule has 5 heavy (non-hydrogen) atoms. The molecule has 0 aromatic heterocycles. The summed E-state index contributed by atoms with van der Waals surface area (Å²) in [7, 11) is 0. The van der Waals surface area contributed by atoms with Gasteiger partial charge in [-0.3, -0.25) is 0 Å². The Morgan fingerprint density at radius 3 is 0.600 bits per heavy atom. The molecule has 0 unspecified atom stereocenters.